The molecule has 0 fully saturated rings. The normalized spacial score (nSPS) is 11.9. The molecule has 0 aromatic heterocycles. The van der Waals surface area contributed by atoms with Crippen molar-refractivity contribution >= 4 is 11.9 Å². The standard InChI is InChI=1S/C19H29NO5/c1-15(2)24-12-8-11-20(13-16(3)19(22)23-4)18(21)14-25-17-9-6-5-7-10-17/h5-7,9-10,15-16H,8,11-14H2,1-4H3. The number of methoxy groups -OCH3 is 1. The molecule has 0 aliphatic heterocycles. The van der Waals surface area contributed by atoms with Gasteiger partial charge in [-0.05, 0) is 32.4 Å². The van der Waals surface area contributed by atoms with Gasteiger partial charge in [-0.1, -0.05) is 25.1 Å². The molecule has 25 heavy (non-hydrogen) atoms. The number of nitrogens with zero attached hydrogens (tertiary/aromatic N) is 1. The highest BCUT2D eigenvalue weighted by atomic mass is 16.5. The van der Waals surface area contributed by atoms with E-state index in [2.05, 4.69) is 0 Å². The van der Waals surface area contributed by atoms with Crippen molar-refractivity contribution in [1.29, 1.82) is 0 Å². The van der Waals surface area contributed by atoms with Gasteiger partial charge in [0.2, 0.25) is 0 Å². The largest absolute Gasteiger partial charge is 0.484 e. The molecule has 0 aliphatic rings. The minimum Gasteiger partial charge on any atom is -0.484 e. The number of esters is 1. The van der Waals surface area contributed by atoms with E-state index < -0.39 is 5.92 Å². The maximum Gasteiger partial charge on any atom is 0.310 e. The van der Waals surface area contributed by atoms with Crippen LogP contribution in [0.25, 0.3) is 0 Å². The van der Waals surface area contributed by atoms with E-state index in [1.54, 1.807) is 24.0 Å². The van der Waals surface area contributed by atoms with Crippen LogP contribution < -0.4 is 4.74 Å². The molecule has 6 nitrogen and oxygen atoms in total. The first-order chi connectivity index (χ1) is 11.9. The smallest absolute Gasteiger partial charge is 0.310 e. The van der Waals surface area contributed by atoms with E-state index in [-0.39, 0.29) is 24.6 Å². The first-order valence-electron chi connectivity index (χ1n) is 8.59. The van der Waals surface area contributed by atoms with Gasteiger partial charge >= 0.3 is 5.97 Å². The molecule has 6 heteroatoms. The van der Waals surface area contributed by atoms with E-state index in [0.717, 1.165) is 0 Å². The fraction of sp³-hybridized carbons (Fsp3) is 0.579. The predicted octanol–water partition coefficient (Wildman–Crippen LogP) is 2.52. The monoisotopic (exact) mass is 351 g/mol. The van der Waals surface area contributed by atoms with Crippen molar-refractivity contribution in [2.24, 2.45) is 5.92 Å². The molecule has 1 atom stereocenters. The number of para-hydroxylation sites is 1. The van der Waals surface area contributed by atoms with Crippen molar-refractivity contribution < 1.29 is 23.8 Å². The lowest BCUT2D eigenvalue weighted by molar-refractivity contribution is -0.146. The number of rotatable bonds is 11. The summed E-state index contributed by atoms with van der Waals surface area (Å²) in [6, 6.07) is 9.17. The molecule has 0 spiro atoms. The Morgan fingerprint density at radius 1 is 1.12 bits per heavy atom. The van der Waals surface area contributed by atoms with Gasteiger partial charge < -0.3 is 19.1 Å². The third-order valence-electron chi connectivity index (χ3n) is 3.58. The Morgan fingerprint density at radius 3 is 2.40 bits per heavy atom. The number of hydrogen-bond acceptors (Lipinski definition) is 5. The average molecular weight is 351 g/mol. The Balaban J connectivity index is 2.57. The van der Waals surface area contributed by atoms with E-state index >= 15 is 0 Å². The number of amides is 1. The second kappa shape index (κ2) is 11.5. The zero-order valence-electron chi connectivity index (χ0n) is 15.6. The summed E-state index contributed by atoms with van der Waals surface area (Å²) in [6.07, 6.45) is 0.850. The molecular formula is C19H29NO5. The quantitative estimate of drug-likeness (QED) is 0.453. The van der Waals surface area contributed by atoms with Gasteiger partial charge in [0.15, 0.2) is 6.61 Å². The first-order valence-corrected chi connectivity index (χ1v) is 8.59. The van der Waals surface area contributed by atoms with E-state index in [4.69, 9.17) is 14.2 Å². The molecule has 1 aromatic carbocycles. The molecule has 1 unspecified atom stereocenters. The maximum absolute atomic E-state index is 12.5. The maximum atomic E-state index is 12.5. The van der Waals surface area contributed by atoms with Crippen LogP contribution >= 0.6 is 0 Å². The Hall–Kier alpha value is -2.08. The number of hydrogen-bond donors (Lipinski definition) is 0. The van der Waals surface area contributed by atoms with Gasteiger partial charge in [0.05, 0.1) is 19.1 Å². The molecule has 0 bridgehead atoms. The van der Waals surface area contributed by atoms with Crippen molar-refractivity contribution in [2.75, 3.05) is 33.4 Å². The molecular weight excluding hydrogens is 322 g/mol. The molecule has 0 saturated carbocycles. The molecule has 1 rings (SSSR count). The topological polar surface area (TPSA) is 65.1 Å². The van der Waals surface area contributed by atoms with Gasteiger partial charge in [-0.2, -0.15) is 0 Å². The van der Waals surface area contributed by atoms with Crippen molar-refractivity contribution in [2.45, 2.75) is 33.3 Å². The Morgan fingerprint density at radius 2 is 1.80 bits per heavy atom. The lowest BCUT2D eigenvalue weighted by Crippen LogP contribution is -2.40. The van der Waals surface area contributed by atoms with Crippen LogP contribution in [-0.4, -0.2) is 56.3 Å². The molecule has 0 aliphatic carbocycles. The molecule has 0 saturated heterocycles. The lowest BCUT2D eigenvalue weighted by atomic mass is 10.1. The first kappa shape index (κ1) is 21.0. The van der Waals surface area contributed by atoms with Gasteiger partial charge in [-0.25, -0.2) is 0 Å². The third kappa shape index (κ3) is 8.54. The summed E-state index contributed by atoms with van der Waals surface area (Å²) in [5.74, 6) is -0.249. The highest BCUT2D eigenvalue weighted by Crippen LogP contribution is 2.10. The van der Waals surface area contributed by atoms with Crippen molar-refractivity contribution in [3.8, 4) is 5.75 Å². The van der Waals surface area contributed by atoms with E-state index in [9.17, 15) is 9.59 Å². The Labute approximate surface area is 150 Å². The van der Waals surface area contributed by atoms with Crippen LogP contribution in [0.3, 0.4) is 0 Å². The summed E-state index contributed by atoms with van der Waals surface area (Å²) in [5.41, 5.74) is 0. The number of carbonyl (C=O) groups is 2. The number of carbonyl (C=O) groups excluding carboxylic acids is 2. The molecule has 0 heterocycles. The summed E-state index contributed by atoms with van der Waals surface area (Å²) in [4.78, 5) is 25.8. The molecule has 1 aromatic rings. The van der Waals surface area contributed by atoms with Crippen molar-refractivity contribution in [3.63, 3.8) is 0 Å². The van der Waals surface area contributed by atoms with Gasteiger partial charge in [0.1, 0.15) is 5.75 Å². The average Bonchev–Trinajstić information content (AvgIpc) is 2.61. The highest BCUT2D eigenvalue weighted by Gasteiger charge is 2.21. The third-order valence-corrected chi connectivity index (χ3v) is 3.58. The van der Waals surface area contributed by atoms with Crippen LogP contribution in [0.5, 0.6) is 5.75 Å². The van der Waals surface area contributed by atoms with Crippen LogP contribution in [0.4, 0.5) is 0 Å². The lowest BCUT2D eigenvalue weighted by Gasteiger charge is -2.25. The molecule has 1 amide bonds. The Kier molecular flexibility index (Phi) is 9.62. The SMILES string of the molecule is COC(=O)C(C)CN(CCCOC(C)C)C(=O)COc1ccccc1. The van der Waals surface area contributed by atoms with Crippen LogP contribution in [0, 0.1) is 5.92 Å². The second-order valence-corrected chi connectivity index (χ2v) is 6.14. The van der Waals surface area contributed by atoms with Gasteiger partial charge in [-0.15, -0.1) is 0 Å². The summed E-state index contributed by atoms with van der Waals surface area (Å²) in [5, 5.41) is 0. The predicted molar refractivity (Wildman–Crippen MR) is 95.4 cm³/mol. The zero-order chi connectivity index (χ0) is 18.7. The van der Waals surface area contributed by atoms with E-state index in [1.807, 2.05) is 32.0 Å². The summed E-state index contributed by atoms with van der Waals surface area (Å²) >= 11 is 0. The van der Waals surface area contributed by atoms with E-state index in [0.29, 0.717) is 31.9 Å². The van der Waals surface area contributed by atoms with Gasteiger partial charge in [0, 0.05) is 19.7 Å². The minimum atomic E-state index is -0.392. The zero-order valence-corrected chi connectivity index (χ0v) is 15.6. The van der Waals surface area contributed by atoms with Crippen LogP contribution in [-0.2, 0) is 19.1 Å². The Bertz CT molecular complexity index is 518. The van der Waals surface area contributed by atoms with Crippen LogP contribution in [0.2, 0.25) is 0 Å². The minimum absolute atomic E-state index is 0.0665. The molecule has 0 N–H and O–H groups in total. The second-order valence-electron chi connectivity index (χ2n) is 6.14. The van der Waals surface area contributed by atoms with Crippen molar-refractivity contribution in [1.82, 2.24) is 4.90 Å². The van der Waals surface area contributed by atoms with Crippen LogP contribution in [0.1, 0.15) is 27.2 Å². The summed E-state index contributed by atoms with van der Waals surface area (Å²) < 4.78 is 15.8. The van der Waals surface area contributed by atoms with Crippen molar-refractivity contribution in [3.05, 3.63) is 30.3 Å². The fourth-order valence-electron chi connectivity index (χ4n) is 2.25. The summed E-state index contributed by atoms with van der Waals surface area (Å²) in [7, 11) is 1.35. The summed E-state index contributed by atoms with van der Waals surface area (Å²) in [6.45, 7) is 6.98. The van der Waals surface area contributed by atoms with Crippen LogP contribution in [0.15, 0.2) is 30.3 Å². The molecule has 0 radical (unpaired) electrons. The van der Waals surface area contributed by atoms with Gasteiger partial charge in [0.25, 0.3) is 5.91 Å². The van der Waals surface area contributed by atoms with Gasteiger partial charge in [-0.3, -0.25) is 9.59 Å². The fourth-order valence-corrected chi connectivity index (χ4v) is 2.25. The highest BCUT2D eigenvalue weighted by molar-refractivity contribution is 5.79. The number of benzene rings is 1. The van der Waals surface area contributed by atoms with E-state index in [1.165, 1.54) is 7.11 Å². The molecule has 140 valence electrons. The number of ether oxygens (including phenoxy) is 3.